The van der Waals surface area contributed by atoms with Gasteiger partial charge in [-0.3, -0.25) is 0 Å². The highest BCUT2D eigenvalue weighted by atomic mass is 19.1. The molecule has 0 saturated heterocycles. The SMILES string of the molecule is CCN(CC#N)c1ccc(F)cc1. The zero-order valence-electron chi connectivity index (χ0n) is 7.50. The lowest BCUT2D eigenvalue weighted by molar-refractivity contribution is 0.627. The third kappa shape index (κ3) is 2.45. The predicted molar refractivity (Wildman–Crippen MR) is 49.9 cm³/mol. The van der Waals surface area contributed by atoms with E-state index in [1.54, 1.807) is 12.1 Å². The summed E-state index contributed by atoms with van der Waals surface area (Å²) in [7, 11) is 0. The molecule has 0 unspecified atom stereocenters. The fraction of sp³-hybridized carbons (Fsp3) is 0.300. The van der Waals surface area contributed by atoms with Crippen LogP contribution in [0.2, 0.25) is 0 Å². The van der Waals surface area contributed by atoms with Crippen LogP contribution in [0.25, 0.3) is 0 Å². The zero-order chi connectivity index (χ0) is 9.68. The standard InChI is InChI=1S/C10H11FN2/c1-2-13(8-7-12)10-5-3-9(11)4-6-10/h3-6H,2,8H2,1H3. The van der Waals surface area contributed by atoms with Gasteiger partial charge in [-0.1, -0.05) is 0 Å². The molecule has 0 aromatic heterocycles. The van der Waals surface area contributed by atoms with Crippen LogP contribution in [-0.4, -0.2) is 13.1 Å². The lowest BCUT2D eigenvalue weighted by Crippen LogP contribution is -2.22. The normalized spacial score (nSPS) is 9.31. The molecule has 2 nitrogen and oxygen atoms in total. The van der Waals surface area contributed by atoms with Gasteiger partial charge >= 0.3 is 0 Å². The molecule has 0 aliphatic heterocycles. The van der Waals surface area contributed by atoms with E-state index in [1.165, 1.54) is 12.1 Å². The van der Waals surface area contributed by atoms with Crippen LogP contribution in [0.15, 0.2) is 24.3 Å². The number of rotatable bonds is 3. The van der Waals surface area contributed by atoms with E-state index in [4.69, 9.17) is 5.26 Å². The maximum Gasteiger partial charge on any atom is 0.123 e. The quantitative estimate of drug-likeness (QED) is 0.663. The van der Waals surface area contributed by atoms with E-state index in [9.17, 15) is 4.39 Å². The van der Waals surface area contributed by atoms with Gasteiger partial charge in [-0.25, -0.2) is 4.39 Å². The second-order valence-electron chi connectivity index (χ2n) is 2.65. The Labute approximate surface area is 77.2 Å². The van der Waals surface area contributed by atoms with Crippen LogP contribution in [0.5, 0.6) is 0 Å². The number of anilines is 1. The summed E-state index contributed by atoms with van der Waals surface area (Å²) >= 11 is 0. The molecule has 0 aliphatic carbocycles. The molecule has 0 atom stereocenters. The van der Waals surface area contributed by atoms with Gasteiger partial charge in [-0.05, 0) is 31.2 Å². The Balaban J connectivity index is 2.80. The van der Waals surface area contributed by atoms with Crippen LogP contribution >= 0.6 is 0 Å². The second-order valence-corrected chi connectivity index (χ2v) is 2.65. The van der Waals surface area contributed by atoms with E-state index in [1.807, 2.05) is 11.8 Å². The van der Waals surface area contributed by atoms with Crippen molar-refractivity contribution in [2.75, 3.05) is 18.0 Å². The molecule has 0 N–H and O–H groups in total. The lowest BCUT2D eigenvalue weighted by atomic mass is 10.3. The minimum atomic E-state index is -0.253. The van der Waals surface area contributed by atoms with Crippen LogP contribution in [0.1, 0.15) is 6.92 Å². The molecule has 0 heterocycles. The first kappa shape index (κ1) is 9.53. The van der Waals surface area contributed by atoms with Gasteiger partial charge in [0, 0.05) is 12.2 Å². The average Bonchev–Trinajstić information content (AvgIpc) is 2.16. The zero-order valence-corrected chi connectivity index (χ0v) is 7.50. The third-order valence-electron chi connectivity index (χ3n) is 1.84. The molecule has 3 heteroatoms. The van der Waals surface area contributed by atoms with E-state index in [0.717, 1.165) is 12.2 Å². The summed E-state index contributed by atoms with van der Waals surface area (Å²) in [6, 6.07) is 8.21. The van der Waals surface area contributed by atoms with Crippen molar-refractivity contribution in [1.82, 2.24) is 0 Å². The van der Waals surface area contributed by atoms with E-state index < -0.39 is 0 Å². The molecule has 1 aromatic carbocycles. The number of hydrogen-bond donors (Lipinski definition) is 0. The summed E-state index contributed by atoms with van der Waals surface area (Å²) in [4.78, 5) is 1.87. The molecular formula is C10H11FN2. The Hall–Kier alpha value is -1.56. The summed E-state index contributed by atoms with van der Waals surface area (Å²) in [6.07, 6.45) is 0. The fourth-order valence-corrected chi connectivity index (χ4v) is 1.12. The van der Waals surface area contributed by atoms with Crippen molar-refractivity contribution in [2.45, 2.75) is 6.92 Å². The van der Waals surface area contributed by atoms with Crippen molar-refractivity contribution in [2.24, 2.45) is 0 Å². The Morgan fingerprint density at radius 2 is 2.00 bits per heavy atom. The maximum atomic E-state index is 12.6. The van der Waals surface area contributed by atoms with Crippen LogP contribution in [-0.2, 0) is 0 Å². The molecule has 68 valence electrons. The highest BCUT2D eigenvalue weighted by molar-refractivity contribution is 5.46. The molecule has 1 rings (SSSR count). The van der Waals surface area contributed by atoms with Crippen molar-refractivity contribution in [3.63, 3.8) is 0 Å². The van der Waals surface area contributed by atoms with Crippen LogP contribution in [0.3, 0.4) is 0 Å². The second kappa shape index (κ2) is 4.46. The molecule has 13 heavy (non-hydrogen) atoms. The lowest BCUT2D eigenvalue weighted by Gasteiger charge is -2.18. The maximum absolute atomic E-state index is 12.6. The van der Waals surface area contributed by atoms with E-state index in [0.29, 0.717) is 6.54 Å². The molecule has 0 amide bonds. The monoisotopic (exact) mass is 178 g/mol. The first-order valence-corrected chi connectivity index (χ1v) is 4.15. The van der Waals surface area contributed by atoms with Crippen LogP contribution < -0.4 is 4.90 Å². The molecule has 0 aliphatic rings. The Morgan fingerprint density at radius 3 is 2.46 bits per heavy atom. The molecular weight excluding hydrogens is 167 g/mol. The minimum absolute atomic E-state index is 0.253. The van der Waals surface area contributed by atoms with Gasteiger partial charge in [0.15, 0.2) is 0 Å². The molecule has 0 radical (unpaired) electrons. The topological polar surface area (TPSA) is 27.0 Å². The molecule has 1 aromatic rings. The Bertz CT molecular complexity index is 300. The van der Waals surface area contributed by atoms with Gasteiger partial charge < -0.3 is 4.90 Å². The van der Waals surface area contributed by atoms with Crippen molar-refractivity contribution in [3.05, 3.63) is 30.1 Å². The van der Waals surface area contributed by atoms with Crippen molar-refractivity contribution >= 4 is 5.69 Å². The highest BCUT2D eigenvalue weighted by Gasteiger charge is 2.02. The highest BCUT2D eigenvalue weighted by Crippen LogP contribution is 2.13. The Kier molecular flexibility index (Phi) is 3.27. The van der Waals surface area contributed by atoms with Crippen molar-refractivity contribution < 1.29 is 4.39 Å². The van der Waals surface area contributed by atoms with E-state index in [2.05, 4.69) is 6.07 Å². The number of hydrogen-bond acceptors (Lipinski definition) is 2. The number of halogens is 1. The number of nitrogens with zero attached hydrogens (tertiary/aromatic N) is 2. The van der Waals surface area contributed by atoms with E-state index in [-0.39, 0.29) is 5.82 Å². The first-order valence-electron chi connectivity index (χ1n) is 4.15. The largest absolute Gasteiger partial charge is 0.358 e. The van der Waals surface area contributed by atoms with Crippen LogP contribution in [0.4, 0.5) is 10.1 Å². The minimum Gasteiger partial charge on any atom is -0.358 e. The summed E-state index contributed by atoms with van der Waals surface area (Å²) in [5.74, 6) is -0.253. The number of benzene rings is 1. The van der Waals surface area contributed by atoms with Crippen molar-refractivity contribution in [1.29, 1.82) is 5.26 Å². The number of nitriles is 1. The van der Waals surface area contributed by atoms with E-state index >= 15 is 0 Å². The van der Waals surface area contributed by atoms with Crippen molar-refractivity contribution in [3.8, 4) is 6.07 Å². The summed E-state index contributed by atoms with van der Waals surface area (Å²) in [6.45, 7) is 3.04. The first-order chi connectivity index (χ1) is 6.27. The third-order valence-corrected chi connectivity index (χ3v) is 1.84. The molecule has 0 bridgehead atoms. The van der Waals surface area contributed by atoms with Gasteiger partial charge in [-0.2, -0.15) is 5.26 Å². The molecule has 0 spiro atoms. The Morgan fingerprint density at radius 1 is 1.38 bits per heavy atom. The molecule has 0 saturated carbocycles. The van der Waals surface area contributed by atoms with Gasteiger partial charge in [0.1, 0.15) is 12.4 Å². The predicted octanol–water partition coefficient (Wildman–Crippen LogP) is 2.18. The summed E-state index contributed by atoms with van der Waals surface area (Å²) in [5, 5.41) is 8.52. The molecule has 0 fully saturated rings. The van der Waals surface area contributed by atoms with Gasteiger partial charge in [0.05, 0.1) is 6.07 Å². The summed E-state index contributed by atoms with van der Waals surface area (Å²) in [5.41, 5.74) is 0.880. The van der Waals surface area contributed by atoms with Gasteiger partial charge in [-0.15, -0.1) is 0 Å². The fourth-order valence-electron chi connectivity index (χ4n) is 1.12. The smallest absolute Gasteiger partial charge is 0.123 e. The average molecular weight is 178 g/mol. The van der Waals surface area contributed by atoms with Gasteiger partial charge in [0.2, 0.25) is 0 Å². The van der Waals surface area contributed by atoms with Gasteiger partial charge in [0.25, 0.3) is 0 Å². The van der Waals surface area contributed by atoms with Crippen LogP contribution in [0, 0.1) is 17.1 Å². The summed E-state index contributed by atoms with van der Waals surface area (Å²) < 4.78 is 12.6.